The zero-order valence-corrected chi connectivity index (χ0v) is 14.8. The van der Waals surface area contributed by atoms with E-state index in [1.165, 1.54) is 0 Å². The summed E-state index contributed by atoms with van der Waals surface area (Å²) in [6.07, 6.45) is 3.67. The van der Waals surface area contributed by atoms with E-state index in [2.05, 4.69) is 9.88 Å². The average Bonchev–Trinajstić information content (AvgIpc) is 2.88. The minimum Gasteiger partial charge on any atom is -0.361 e. The van der Waals surface area contributed by atoms with Crippen molar-refractivity contribution in [3.05, 3.63) is 52.0 Å². The maximum absolute atomic E-state index is 6.22. The molecule has 0 aliphatic rings. The van der Waals surface area contributed by atoms with Crippen LogP contribution in [0.4, 0.5) is 0 Å². The Kier molecular flexibility index (Phi) is 5.50. The Balaban J connectivity index is 2.40. The molecule has 1 unspecified atom stereocenters. The summed E-state index contributed by atoms with van der Waals surface area (Å²) in [5, 5.41) is 1.04. The van der Waals surface area contributed by atoms with Crippen molar-refractivity contribution >= 4 is 23.2 Å². The number of aryl methyl sites for hydroxylation is 1. The van der Waals surface area contributed by atoms with Crippen LogP contribution in [0.25, 0.3) is 0 Å². The van der Waals surface area contributed by atoms with Gasteiger partial charge in [0.05, 0.1) is 16.7 Å². The molecule has 0 aliphatic heterocycles. The van der Waals surface area contributed by atoms with E-state index in [1.807, 2.05) is 51.0 Å². The third kappa shape index (κ3) is 3.63. The molecule has 0 fully saturated rings. The van der Waals surface area contributed by atoms with Crippen molar-refractivity contribution in [1.29, 1.82) is 0 Å². The lowest BCUT2D eigenvalue weighted by Gasteiger charge is -2.31. The van der Waals surface area contributed by atoms with Crippen LogP contribution in [0.1, 0.15) is 18.3 Å². The number of ether oxygens (including phenoxy) is 1. The molecule has 2 rings (SSSR count). The molecule has 0 N–H and O–H groups in total. The summed E-state index contributed by atoms with van der Waals surface area (Å²) in [5.74, 6) is 0.824. The van der Waals surface area contributed by atoms with E-state index in [4.69, 9.17) is 27.9 Å². The monoisotopic (exact) mass is 341 g/mol. The standard InChI is InChI=1S/C16H21Cl2N3O/c1-16(22-10-9-20(2)3,15-19-7-8-21(15)4)12-5-6-13(17)14(18)11-12/h5-8,11H,9-10H2,1-4H3. The molecule has 0 spiro atoms. The van der Waals surface area contributed by atoms with Crippen LogP contribution in [-0.2, 0) is 17.4 Å². The van der Waals surface area contributed by atoms with Crippen molar-refractivity contribution in [2.75, 3.05) is 27.2 Å². The number of rotatable bonds is 6. The fourth-order valence-electron chi connectivity index (χ4n) is 2.33. The van der Waals surface area contributed by atoms with Gasteiger partial charge in [-0.3, -0.25) is 0 Å². The number of likely N-dealkylation sites (N-methyl/N-ethyl adjacent to an activating group) is 1. The summed E-state index contributed by atoms with van der Waals surface area (Å²) >= 11 is 12.2. The highest BCUT2D eigenvalue weighted by atomic mass is 35.5. The number of hydrogen-bond acceptors (Lipinski definition) is 3. The normalized spacial score (nSPS) is 14.3. The van der Waals surface area contributed by atoms with Crippen LogP contribution in [0.3, 0.4) is 0 Å². The lowest BCUT2D eigenvalue weighted by Crippen LogP contribution is -2.33. The third-order valence-corrected chi connectivity index (χ3v) is 4.39. The molecule has 1 aromatic carbocycles. The summed E-state index contributed by atoms with van der Waals surface area (Å²) in [5.41, 5.74) is 0.234. The zero-order chi connectivity index (χ0) is 16.3. The van der Waals surface area contributed by atoms with Gasteiger partial charge in [0, 0.05) is 26.0 Å². The van der Waals surface area contributed by atoms with Gasteiger partial charge in [-0.15, -0.1) is 0 Å². The van der Waals surface area contributed by atoms with Crippen molar-refractivity contribution in [2.45, 2.75) is 12.5 Å². The van der Waals surface area contributed by atoms with Crippen molar-refractivity contribution in [2.24, 2.45) is 7.05 Å². The molecule has 4 nitrogen and oxygen atoms in total. The maximum atomic E-state index is 6.22. The number of imidazole rings is 1. The third-order valence-electron chi connectivity index (χ3n) is 3.65. The van der Waals surface area contributed by atoms with Gasteiger partial charge in [-0.05, 0) is 38.7 Å². The number of benzene rings is 1. The first-order valence-electron chi connectivity index (χ1n) is 7.06. The Labute approximate surface area is 141 Å². The van der Waals surface area contributed by atoms with E-state index in [1.54, 1.807) is 12.3 Å². The molecule has 22 heavy (non-hydrogen) atoms. The van der Waals surface area contributed by atoms with Crippen molar-refractivity contribution < 1.29 is 4.74 Å². The Morgan fingerprint density at radius 1 is 1.27 bits per heavy atom. The second kappa shape index (κ2) is 7.01. The van der Waals surface area contributed by atoms with Crippen molar-refractivity contribution in [1.82, 2.24) is 14.5 Å². The van der Waals surface area contributed by atoms with Gasteiger partial charge in [0.1, 0.15) is 11.4 Å². The SMILES string of the molecule is CN(C)CCOC(C)(c1ccc(Cl)c(Cl)c1)c1nccn1C. The minimum atomic E-state index is -0.692. The molecule has 0 saturated carbocycles. The first kappa shape index (κ1) is 17.3. The van der Waals surface area contributed by atoms with Crippen LogP contribution in [0.15, 0.2) is 30.6 Å². The summed E-state index contributed by atoms with van der Waals surface area (Å²) < 4.78 is 8.18. The number of nitrogens with zero attached hydrogens (tertiary/aromatic N) is 3. The number of aromatic nitrogens is 2. The fourth-order valence-corrected chi connectivity index (χ4v) is 2.63. The predicted molar refractivity (Wildman–Crippen MR) is 90.6 cm³/mol. The van der Waals surface area contributed by atoms with E-state index in [0.29, 0.717) is 16.7 Å². The van der Waals surface area contributed by atoms with Crippen LogP contribution in [0.2, 0.25) is 10.0 Å². The first-order chi connectivity index (χ1) is 10.3. The Morgan fingerprint density at radius 2 is 2.00 bits per heavy atom. The molecular weight excluding hydrogens is 321 g/mol. The molecule has 1 heterocycles. The molecule has 0 radical (unpaired) electrons. The van der Waals surface area contributed by atoms with Crippen LogP contribution >= 0.6 is 23.2 Å². The number of hydrogen-bond donors (Lipinski definition) is 0. The summed E-state index contributed by atoms with van der Waals surface area (Å²) in [4.78, 5) is 6.54. The summed E-state index contributed by atoms with van der Waals surface area (Å²) in [7, 11) is 5.98. The van der Waals surface area contributed by atoms with Gasteiger partial charge in [0.25, 0.3) is 0 Å². The van der Waals surface area contributed by atoms with E-state index < -0.39 is 5.60 Å². The van der Waals surface area contributed by atoms with Gasteiger partial charge in [-0.1, -0.05) is 29.3 Å². The Hall–Kier alpha value is -1.07. The van der Waals surface area contributed by atoms with Gasteiger partial charge in [0.2, 0.25) is 0 Å². The molecule has 120 valence electrons. The van der Waals surface area contributed by atoms with Crippen molar-refractivity contribution in [3.8, 4) is 0 Å². The second-order valence-electron chi connectivity index (χ2n) is 5.68. The fraction of sp³-hybridized carbons (Fsp3) is 0.438. The summed E-state index contributed by atoms with van der Waals surface area (Å²) in [6, 6.07) is 5.56. The molecular formula is C16H21Cl2N3O. The van der Waals surface area contributed by atoms with Crippen LogP contribution in [-0.4, -0.2) is 41.7 Å². The lowest BCUT2D eigenvalue weighted by atomic mass is 9.94. The smallest absolute Gasteiger partial charge is 0.148 e. The van der Waals surface area contributed by atoms with E-state index in [9.17, 15) is 0 Å². The number of halogens is 2. The highest BCUT2D eigenvalue weighted by Gasteiger charge is 2.34. The van der Waals surface area contributed by atoms with Gasteiger partial charge >= 0.3 is 0 Å². The molecule has 6 heteroatoms. The highest BCUT2D eigenvalue weighted by molar-refractivity contribution is 6.42. The van der Waals surface area contributed by atoms with Gasteiger partial charge in [-0.25, -0.2) is 4.98 Å². The molecule has 1 atom stereocenters. The van der Waals surface area contributed by atoms with Gasteiger partial charge in [0.15, 0.2) is 0 Å². The molecule has 0 saturated heterocycles. The van der Waals surface area contributed by atoms with Gasteiger partial charge < -0.3 is 14.2 Å². The van der Waals surface area contributed by atoms with Crippen LogP contribution < -0.4 is 0 Å². The zero-order valence-electron chi connectivity index (χ0n) is 13.3. The minimum absolute atomic E-state index is 0.510. The van der Waals surface area contributed by atoms with Crippen LogP contribution in [0.5, 0.6) is 0 Å². The molecule has 0 bridgehead atoms. The largest absolute Gasteiger partial charge is 0.361 e. The average molecular weight is 342 g/mol. The highest BCUT2D eigenvalue weighted by Crippen LogP contribution is 2.35. The van der Waals surface area contributed by atoms with Crippen molar-refractivity contribution in [3.63, 3.8) is 0 Å². The predicted octanol–water partition coefficient (Wildman–Crippen LogP) is 3.57. The Bertz CT molecular complexity index is 642. The van der Waals surface area contributed by atoms with E-state index in [-0.39, 0.29) is 0 Å². The molecule has 2 aromatic rings. The Morgan fingerprint density at radius 3 is 2.55 bits per heavy atom. The molecule has 0 aliphatic carbocycles. The topological polar surface area (TPSA) is 30.3 Å². The van der Waals surface area contributed by atoms with Crippen LogP contribution in [0, 0.1) is 0 Å². The second-order valence-corrected chi connectivity index (χ2v) is 6.49. The quantitative estimate of drug-likeness (QED) is 0.804. The van der Waals surface area contributed by atoms with E-state index >= 15 is 0 Å². The van der Waals surface area contributed by atoms with E-state index in [0.717, 1.165) is 17.9 Å². The maximum Gasteiger partial charge on any atom is 0.148 e. The first-order valence-corrected chi connectivity index (χ1v) is 7.82. The summed E-state index contributed by atoms with van der Waals surface area (Å²) in [6.45, 7) is 3.41. The van der Waals surface area contributed by atoms with Gasteiger partial charge in [-0.2, -0.15) is 0 Å². The lowest BCUT2D eigenvalue weighted by molar-refractivity contribution is -0.0179. The molecule has 1 aromatic heterocycles. The molecule has 0 amide bonds.